The normalized spacial score (nSPS) is 35.2. The van der Waals surface area contributed by atoms with Crippen LogP contribution in [0, 0.1) is 5.92 Å². The molecule has 0 amide bonds. The maximum Gasteiger partial charge on any atom is 0.211 e. The van der Waals surface area contributed by atoms with E-state index in [4.69, 9.17) is 0 Å². The van der Waals surface area contributed by atoms with Crippen molar-refractivity contribution in [2.24, 2.45) is 5.92 Å². The van der Waals surface area contributed by atoms with Gasteiger partial charge < -0.3 is 5.11 Å². The van der Waals surface area contributed by atoms with Crippen molar-refractivity contribution in [3.05, 3.63) is 0 Å². The van der Waals surface area contributed by atoms with E-state index < -0.39 is 15.6 Å². The average Bonchev–Trinajstić information content (AvgIpc) is 2.86. The van der Waals surface area contributed by atoms with E-state index in [1.165, 1.54) is 6.42 Å². The number of aliphatic hydroxyl groups is 1. The summed E-state index contributed by atoms with van der Waals surface area (Å²) in [7, 11) is -3.10. The largest absolute Gasteiger partial charge is 0.390 e. The summed E-state index contributed by atoms with van der Waals surface area (Å²) in [5.74, 6) is 0.463. The minimum atomic E-state index is -3.10. The van der Waals surface area contributed by atoms with Crippen molar-refractivity contribution in [1.82, 2.24) is 9.62 Å². The Kier molecular flexibility index (Phi) is 5.68. The summed E-state index contributed by atoms with van der Waals surface area (Å²) in [6.07, 6.45) is 6.58. The maximum atomic E-state index is 11.5. The lowest BCUT2D eigenvalue weighted by atomic mass is 9.72. The number of hydrogen-bond donors (Lipinski definition) is 2. The molecule has 0 bridgehead atoms. The van der Waals surface area contributed by atoms with E-state index in [-0.39, 0.29) is 5.75 Å². The zero-order chi connectivity index (χ0) is 15.5. The van der Waals surface area contributed by atoms with Gasteiger partial charge >= 0.3 is 0 Å². The molecule has 1 aliphatic carbocycles. The number of nitrogens with one attached hydrogen (secondary N) is 1. The van der Waals surface area contributed by atoms with Crippen LogP contribution in [0.1, 0.15) is 52.4 Å². The van der Waals surface area contributed by atoms with E-state index in [1.807, 2.05) is 6.92 Å². The number of sulfonamides is 1. The zero-order valence-electron chi connectivity index (χ0n) is 13.3. The van der Waals surface area contributed by atoms with Gasteiger partial charge in [-0.1, -0.05) is 12.8 Å². The lowest BCUT2D eigenvalue weighted by Gasteiger charge is -2.43. The molecule has 2 N–H and O–H groups in total. The standard InChI is InChI=1S/C15H30N2O3S/c1-3-21(19,20)16-10-12-17-11-6-8-14(17)13-7-4-5-9-15(13,2)18/h13-14,16,18H,3-12H2,1-2H3/t13-,14-,15-/m1/s1. The van der Waals surface area contributed by atoms with Gasteiger partial charge in [0.25, 0.3) is 0 Å². The summed E-state index contributed by atoms with van der Waals surface area (Å²) in [5.41, 5.74) is -0.561. The molecule has 0 radical (unpaired) electrons. The minimum absolute atomic E-state index is 0.133. The lowest BCUT2D eigenvalue weighted by molar-refractivity contribution is -0.0614. The average molecular weight is 318 g/mol. The second kappa shape index (κ2) is 6.94. The smallest absolute Gasteiger partial charge is 0.211 e. The topological polar surface area (TPSA) is 69.6 Å². The van der Waals surface area contributed by atoms with Gasteiger partial charge in [-0.05, 0) is 46.1 Å². The summed E-state index contributed by atoms with van der Waals surface area (Å²) in [5, 5.41) is 10.7. The highest BCUT2D eigenvalue weighted by Gasteiger charge is 2.42. The van der Waals surface area contributed by atoms with Crippen molar-refractivity contribution in [2.45, 2.75) is 64.0 Å². The van der Waals surface area contributed by atoms with Gasteiger partial charge in [0.2, 0.25) is 10.0 Å². The van der Waals surface area contributed by atoms with E-state index in [2.05, 4.69) is 9.62 Å². The molecule has 21 heavy (non-hydrogen) atoms. The summed E-state index contributed by atoms with van der Waals surface area (Å²) >= 11 is 0. The summed E-state index contributed by atoms with van der Waals surface area (Å²) in [6.45, 7) is 5.87. The van der Waals surface area contributed by atoms with Gasteiger partial charge in [-0.3, -0.25) is 4.90 Å². The fourth-order valence-electron chi connectivity index (χ4n) is 3.98. The van der Waals surface area contributed by atoms with Gasteiger partial charge in [0, 0.05) is 25.0 Å². The summed E-state index contributed by atoms with van der Waals surface area (Å²) in [4.78, 5) is 2.38. The molecule has 1 saturated heterocycles. The maximum absolute atomic E-state index is 11.5. The Balaban J connectivity index is 1.91. The van der Waals surface area contributed by atoms with Crippen LogP contribution < -0.4 is 4.72 Å². The molecule has 0 unspecified atom stereocenters. The first-order chi connectivity index (χ1) is 9.86. The van der Waals surface area contributed by atoms with Crippen LogP contribution >= 0.6 is 0 Å². The molecule has 0 spiro atoms. The van der Waals surface area contributed by atoms with Crippen LogP contribution in [0.2, 0.25) is 0 Å². The van der Waals surface area contributed by atoms with E-state index >= 15 is 0 Å². The molecule has 1 heterocycles. The van der Waals surface area contributed by atoms with Gasteiger partial charge in [-0.25, -0.2) is 13.1 Å². The Morgan fingerprint density at radius 3 is 2.71 bits per heavy atom. The molecule has 5 nitrogen and oxygen atoms in total. The number of nitrogens with zero attached hydrogens (tertiary/aromatic N) is 1. The second-order valence-corrected chi connectivity index (χ2v) is 8.85. The molecule has 2 aliphatic rings. The first kappa shape index (κ1) is 17.2. The summed E-state index contributed by atoms with van der Waals surface area (Å²) in [6, 6.07) is 0.409. The van der Waals surface area contributed by atoms with Crippen LogP contribution in [0.3, 0.4) is 0 Å². The highest BCUT2D eigenvalue weighted by Crippen LogP contribution is 2.40. The highest BCUT2D eigenvalue weighted by molar-refractivity contribution is 7.89. The lowest BCUT2D eigenvalue weighted by Crippen LogP contribution is -2.50. The molecule has 124 valence electrons. The van der Waals surface area contributed by atoms with Gasteiger partial charge in [0.15, 0.2) is 0 Å². The van der Waals surface area contributed by atoms with E-state index in [0.717, 1.165) is 45.2 Å². The number of likely N-dealkylation sites (tertiary alicyclic amines) is 1. The molecule has 3 atom stereocenters. The fraction of sp³-hybridized carbons (Fsp3) is 1.00. The Bertz CT molecular complexity index is 436. The predicted molar refractivity (Wildman–Crippen MR) is 84.6 cm³/mol. The highest BCUT2D eigenvalue weighted by atomic mass is 32.2. The fourth-order valence-corrected chi connectivity index (χ4v) is 4.59. The minimum Gasteiger partial charge on any atom is -0.390 e. The molecular weight excluding hydrogens is 288 g/mol. The van der Waals surface area contributed by atoms with Crippen LogP contribution in [0.5, 0.6) is 0 Å². The molecule has 1 saturated carbocycles. The number of rotatable bonds is 6. The van der Waals surface area contributed by atoms with Crippen molar-refractivity contribution in [2.75, 3.05) is 25.4 Å². The van der Waals surface area contributed by atoms with E-state index in [9.17, 15) is 13.5 Å². The second-order valence-electron chi connectivity index (χ2n) is 6.75. The quantitative estimate of drug-likeness (QED) is 0.775. The molecule has 2 fully saturated rings. The Morgan fingerprint density at radius 2 is 2.05 bits per heavy atom. The van der Waals surface area contributed by atoms with Crippen LogP contribution in [0.25, 0.3) is 0 Å². The predicted octanol–water partition coefficient (Wildman–Crippen LogP) is 1.33. The third-order valence-corrected chi connectivity index (χ3v) is 6.63. The van der Waals surface area contributed by atoms with Crippen molar-refractivity contribution < 1.29 is 13.5 Å². The molecule has 1 aliphatic heterocycles. The molecule has 0 aromatic carbocycles. The molecule has 0 aromatic heterocycles. The molecule has 6 heteroatoms. The van der Waals surface area contributed by atoms with Crippen molar-refractivity contribution >= 4 is 10.0 Å². The third kappa shape index (κ3) is 4.41. The Labute approximate surface area is 129 Å². The Hall–Kier alpha value is -0.170. The monoisotopic (exact) mass is 318 g/mol. The van der Waals surface area contributed by atoms with Crippen LogP contribution in [0.4, 0.5) is 0 Å². The Morgan fingerprint density at radius 1 is 1.29 bits per heavy atom. The van der Waals surface area contributed by atoms with E-state index in [1.54, 1.807) is 6.92 Å². The van der Waals surface area contributed by atoms with Gasteiger partial charge in [-0.15, -0.1) is 0 Å². The third-order valence-electron chi connectivity index (χ3n) is 5.23. The van der Waals surface area contributed by atoms with E-state index in [0.29, 0.717) is 18.5 Å². The first-order valence-electron chi connectivity index (χ1n) is 8.29. The zero-order valence-corrected chi connectivity index (χ0v) is 14.2. The summed E-state index contributed by atoms with van der Waals surface area (Å²) < 4.78 is 25.6. The van der Waals surface area contributed by atoms with Crippen LogP contribution in [-0.2, 0) is 10.0 Å². The van der Waals surface area contributed by atoms with Gasteiger partial charge in [0.1, 0.15) is 0 Å². The number of hydrogen-bond acceptors (Lipinski definition) is 4. The van der Waals surface area contributed by atoms with Crippen LogP contribution in [0.15, 0.2) is 0 Å². The van der Waals surface area contributed by atoms with Crippen LogP contribution in [-0.4, -0.2) is 55.5 Å². The van der Waals surface area contributed by atoms with Crippen molar-refractivity contribution in [3.63, 3.8) is 0 Å². The SMILES string of the molecule is CCS(=O)(=O)NCCN1CCC[C@@H]1[C@H]1CCCC[C@@]1(C)O. The van der Waals surface area contributed by atoms with Gasteiger partial charge in [-0.2, -0.15) is 0 Å². The molecule has 0 aromatic rings. The van der Waals surface area contributed by atoms with Crippen molar-refractivity contribution in [3.8, 4) is 0 Å². The molecular formula is C15H30N2O3S. The molecule has 2 rings (SSSR count). The van der Waals surface area contributed by atoms with Crippen molar-refractivity contribution in [1.29, 1.82) is 0 Å². The van der Waals surface area contributed by atoms with Gasteiger partial charge in [0.05, 0.1) is 11.4 Å². The first-order valence-corrected chi connectivity index (χ1v) is 9.95.